The summed E-state index contributed by atoms with van der Waals surface area (Å²) in [4.78, 5) is 11.3. The summed E-state index contributed by atoms with van der Waals surface area (Å²) in [6, 6.07) is 2.85. The van der Waals surface area contributed by atoms with Gasteiger partial charge in [-0.2, -0.15) is 0 Å². The van der Waals surface area contributed by atoms with E-state index >= 15 is 0 Å². The van der Waals surface area contributed by atoms with Gasteiger partial charge in [-0.25, -0.2) is 4.79 Å². The monoisotopic (exact) mass is 214 g/mol. The highest BCUT2D eigenvalue weighted by Gasteiger charge is 2.12. The minimum absolute atomic E-state index is 0.244. The molecule has 1 aromatic rings. The average molecular weight is 215 g/mol. The van der Waals surface area contributed by atoms with Crippen molar-refractivity contribution in [2.75, 3.05) is 18.1 Å². The first-order chi connectivity index (χ1) is 6.56. The highest BCUT2D eigenvalue weighted by atomic mass is 35.5. The number of hydrogen-bond acceptors (Lipinski definition) is 4. The van der Waals surface area contributed by atoms with E-state index in [-0.39, 0.29) is 11.3 Å². The molecule has 0 aliphatic rings. The number of hydrogen-bond donors (Lipinski definition) is 2. The second-order valence-electron chi connectivity index (χ2n) is 2.68. The molecule has 0 fully saturated rings. The molecule has 0 amide bonds. The predicted molar refractivity (Wildman–Crippen MR) is 56.2 cm³/mol. The van der Waals surface area contributed by atoms with Crippen molar-refractivity contribution in [3.63, 3.8) is 0 Å². The van der Waals surface area contributed by atoms with Crippen LogP contribution in [0.3, 0.4) is 0 Å². The normalized spacial score (nSPS) is 9.86. The van der Waals surface area contributed by atoms with Gasteiger partial charge in [-0.05, 0) is 19.1 Å². The van der Waals surface area contributed by atoms with Gasteiger partial charge in [0.05, 0.1) is 22.9 Å². The summed E-state index contributed by atoms with van der Waals surface area (Å²) in [5.41, 5.74) is 11.9. The molecule has 0 atom stereocenters. The van der Waals surface area contributed by atoms with Crippen LogP contribution >= 0.6 is 11.6 Å². The fraction of sp³-hybridized carbons (Fsp3) is 0.222. The lowest BCUT2D eigenvalue weighted by molar-refractivity contribution is 0.0527. The Labute approximate surface area is 86.8 Å². The minimum atomic E-state index is -0.492. The van der Waals surface area contributed by atoms with Crippen molar-refractivity contribution in [3.8, 4) is 0 Å². The van der Waals surface area contributed by atoms with Crippen LogP contribution in [0, 0.1) is 0 Å². The van der Waals surface area contributed by atoms with E-state index in [1.807, 2.05) is 0 Å². The Morgan fingerprint density at radius 3 is 2.64 bits per heavy atom. The van der Waals surface area contributed by atoms with E-state index < -0.39 is 5.97 Å². The Balaban J connectivity index is 3.09. The largest absolute Gasteiger partial charge is 0.462 e. The van der Waals surface area contributed by atoms with Gasteiger partial charge in [0.1, 0.15) is 0 Å². The van der Waals surface area contributed by atoms with Crippen molar-refractivity contribution in [1.29, 1.82) is 0 Å². The molecule has 76 valence electrons. The van der Waals surface area contributed by atoms with Crippen molar-refractivity contribution in [2.24, 2.45) is 0 Å². The van der Waals surface area contributed by atoms with Crippen molar-refractivity contribution in [2.45, 2.75) is 6.92 Å². The first-order valence-corrected chi connectivity index (χ1v) is 4.45. The topological polar surface area (TPSA) is 78.3 Å². The number of ether oxygens (including phenoxy) is 1. The van der Waals surface area contributed by atoms with Crippen molar-refractivity contribution >= 4 is 28.9 Å². The zero-order valence-corrected chi connectivity index (χ0v) is 8.47. The molecular formula is C9H11ClN2O2. The molecule has 0 aliphatic heterocycles. The zero-order chi connectivity index (χ0) is 10.7. The Hall–Kier alpha value is -1.42. The molecule has 0 saturated heterocycles. The summed E-state index contributed by atoms with van der Waals surface area (Å²) in [5.74, 6) is -0.492. The maximum absolute atomic E-state index is 11.3. The maximum Gasteiger partial charge on any atom is 0.340 e. The van der Waals surface area contributed by atoms with Gasteiger partial charge in [-0.3, -0.25) is 0 Å². The van der Waals surface area contributed by atoms with Crippen LogP contribution in [-0.4, -0.2) is 12.6 Å². The van der Waals surface area contributed by atoms with Gasteiger partial charge < -0.3 is 16.2 Å². The number of nitrogens with two attached hydrogens (primary N) is 2. The van der Waals surface area contributed by atoms with Gasteiger partial charge in [0.25, 0.3) is 0 Å². The van der Waals surface area contributed by atoms with Gasteiger partial charge in [0.2, 0.25) is 0 Å². The first-order valence-electron chi connectivity index (χ1n) is 4.08. The second-order valence-corrected chi connectivity index (χ2v) is 3.09. The fourth-order valence-electron chi connectivity index (χ4n) is 0.991. The lowest BCUT2D eigenvalue weighted by Gasteiger charge is -2.07. The van der Waals surface area contributed by atoms with Crippen LogP contribution in [0.5, 0.6) is 0 Å². The standard InChI is InChI=1S/C9H11ClN2O2/c1-2-14-9(13)5-3-8(12)6(10)4-7(5)11/h3-4H,2,11-12H2,1H3. The van der Waals surface area contributed by atoms with Gasteiger partial charge >= 0.3 is 5.97 Å². The van der Waals surface area contributed by atoms with Crippen LogP contribution in [0.4, 0.5) is 11.4 Å². The van der Waals surface area contributed by atoms with E-state index in [1.54, 1.807) is 6.92 Å². The van der Waals surface area contributed by atoms with Crippen molar-refractivity contribution in [3.05, 3.63) is 22.7 Å². The Kier molecular flexibility index (Phi) is 3.19. The summed E-state index contributed by atoms with van der Waals surface area (Å²) in [7, 11) is 0. The molecule has 0 radical (unpaired) electrons. The molecule has 0 aromatic heterocycles. The molecule has 0 saturated carbocycles. The molecule has 0 unspecified atom stereocenters. The predicted octanol–water partition coefficient (Wildman–Crippen LogP) is 1.68. The van der Waals surface area contributed by atoms with Gasteiger partial charge in [-0.1, -0.05) is 11.6 Å². The second kappa shape index (κ2) is 4.19. The van der Waals surface area contributed by atoms with Crippen LogP contribution in [0.15, 0.2) is 12.1 Å². The molecular weight excluding hydrogens is 204 g/mol. The summed E-state index contributed by atoms with van der Waals surface area (Å²) in [6.45, 7) is 2.01. The Morgan fingerprint density at radius 1 is 1.43 bits per heavy atom. The summed E-state index contributed by atoms with van der Waals surface area (Å²) in [6.07, 6.45) is 0. The lowest BCUT2D eigenvalue weighted by Crippen LogP contribution is -2.08. The molecule has 1 rings (SSSR count). The molecule has 0 bridgehead atoms. The number of esters is 1. The molecule has 5 heteroatoms. The van der Waals surface area contributed by atoms with E-state index in [0.717, 1.165) is 0 Å². The Morgan fingerprint density at radius 2 is 2.07 bits per heavy atom. The van der Waals surface area contributed by atoms with Gasteiger partial charge in [-0.15, -0.1) is 0 Å². The third kappa shape index (κ3) is 2.09. The summed E-state index contributed by atoms with van der Waals surface area (Å²) >= 11 is 5.71. The molecule has 4 N–H and O–H groups in total. The SMILES string of the molecule is CCOC(=O)c1cc(N)c(Cl)cc1N. The summed E-state index contributed by atoms with van der Waals surface area (Å²) in [5, 5.41) is 0.329. The number of nitrogen functional groups attached to an aromatic ring is 2. The molecule has 0 aliphatic carbocycles. The quantitative estimate of drug-likeness (QED) is 0.580. The van der Waals surface area contributed by atoms with Crippen LogP contribution in [0.25, 0.3) is 0 Å². The van der Waals surface area contributed by atoms with Gasteiger partial charge in [0.15, 0.2) is 0 Å². The molecule has 0 spiro atoms. The highest BCUT2D eigenvalue weighted by molar-refractivity contribution is 6.33. The summed E-state index contributed by atoms with van der Waals surface area (Å²) < 4.78 is 4.79. The first kappa shape index (κ1) is 10.7. The van der Waals surface area contributed by atoms with Crippen molar-refractivity contribution < 1.29 is 9.53 Å². The minimum Gasteiger partial charge on any atom is -0.462 e. The number of carbonyl (C=O) groups is 1. The number of carbonyl (C=O) groups excluding carboxylic acids is 1. The lowest BCUT2D eigenvalue weighted by atomic mass is 10.1. The number of rotatable bonds is 2. The fourth-order valence-corrected chi connectivity index (χ4v) is 1.16. The van der Waals surface area contributed by atoms with Crippen LogP contribution in [0.1, 0.15) is 17.3 Å². The maximum atomic E-state index is 11.3. The highest BCUT2D eigenvalue weighted by Crippen LogP contribution is 2.25. The number of halogens is 1. The third-order valence-electron chi connectivity index (χ3n) is 1.66. The number of anilines is 2. The van der Waals surface area contributed by atoms with E-state index in [2.05, 4.69) is 0 Å². The molecule has 1 aromatic carbocycles. The smallest absolute Gasteiger partial charge is 0.340 e. The van der Waals surface area contributed by atoms with E-state index in [0.29, 0.717) is 17.3 Å². The van der Waals surface area contributed by atoms with Crippen LogP contribution in [0.2, 0.25) is 5.02 Å². The van der Waals surface area contributed by atoms with E-state index in [4.69, 9.17) is 27.8 Å². The molecule has 4 nitrogen and oxygen atoms in total. The van der Waals surface area contributed by atoms with Gasteiger partial charge in [0, 0.05) is 5.69 Å². The molecule has 0 heterocycles. The average Bonchev–Trinajstić information content (AvgIpc) is 2.11. The van der Waals surface area contributed by atoms with Crippen LogP contribution < -0.4 is 11.5 Å². The van der Waals surface area contributed by atoms with Crippen molar-refractivity contribution in [1.82, 2.24) is 0 Å². The molecule has 14 heavy (non-hydrogen) atoms. The van der Waals surface area contributed by atoms with Crippen LogP contribution in [-0.2, 0) is 4.74 Å². The number of benzene rings is 1. The Bertz CT molecular complexity index is 366. The van der Waals surface area contributed by atoms with E-state index in [9.17, 15) is 4.79 Å². The van der Waals surface area contributed by atoms with E-state index in [1.165, 1.54) is 12.1 Å². The third-order valence-corrected chi connectivity index (χ3v) is 1.99. The zero-order valence-electron chi connectivity index (χ0n) is 7.71.